The monoisotopic (exact) mass is 305 g/mol. The Bertz CT molecular complexity index is 265. The predicted molar refractivity (Wildman–Crippen MR) is 67.8 cm³/mol. The first-order valence-corrected chi connectivity index (χ1v) is 6.00. The van der Waals surface area contributed by atoms with Crippen LogP contribution in [-0.2, 0) is 0 Å². The van der Waals surface area contributed by atoms with Crippen LogP contribution < -0.4 is 10.1 Å². The second-order valence-corrected chi connectivity index (χ2v) is 4.30. The van der Waals surface area contributed by atoms with Gasteiger partial charge in [-0.05, 0) is 53.8 Å². The normalized spacial score (nSPS) is 10.1. The highest BCUT2D eigenvalue weighted by Gasteiger charge is 1.93. The van der Waals surface area contributed by atoms with Gasteiger partial charge in [0, 0.05) is 10.1 Å². The molecule has 0 heterocycles. The SMILES string of the molecule is CCCNCCOc1cccc(I)c1. The van der Waals surface area contributed by atoms with E-state index in [1.54, 1.807) is 0 Å². The molecule has 0 unspecified atom stereocenters. The summed E-state index contributed by atoms with van der Waals surface area (Å²) in [6, 6.07) is 8.10. The second-order valence-electron chi connectivity index (χ2n) is 3.06. The van der Waals surface area contributed by atoms with E-state index in [4.69, 9.17) is 4.74 Å². The van der Waals surface area contributed by atoms with Gasteiger partial charge in [0.25, 0.3) is 0 Å². The van der Waals surface area contributed by atoms with Crippen LogP contribution in [0.25, 0.3) is 0 Å². The van der Waals surface area contributed by atoms with Gasteiger partial charge < -0.3 is 10.1 Å². The van der Waals surface area contributed by atoms with Crippen LogP contribution in [0.4, 0.5) is 0 Å². The second kappa shape index (κ2) is 7.06. The summed E-state index contributed by atoms with van der Waals surface area (Å²) in [5, 5.41) is 3.29. The molecule has 0 amide bonds. The lowest BCUT2D eigenvalue weighted by Gasteiger charge is -2.06. The van der Waals surface area contributed by atoms with Gasteiger partial charge >= 0.3 is 0 Å². The minimum atomic E-state index is 0.736. The number of benzene rings is 1. The zero-order chi connectivity index (χ0) is 10.2. The molecule has 0 bridgehead atoms. The van der Waals surface area contributed by atoms with E-state index in [9.17, 15) is 0 Å². The Morgan fingerprint density at radius 2 is 2.21 bits per heavy atom. The number of hydrogen-bond donors (Lipinski definition) is 1. The Kier molecular flexibility index (Phi) is 5.94. The van der Waals surface area contributed by atoms with Gasteiger partial charge in [-0.25, -0.2) is 0 Å². The highest BCUT2D eigenvalue weighted by atomic mass is 127. The first-order valence-electron chi connectivity index (χ1n) is 4.92. The van der Waals surface area contributed by atoms with E-state index in [1.807, 2.05) is 18.2 Å². The number of ether oxygens (including phenoxy) is 1. The van der Waals surface area contributed by atoms with E-state index in [2.05, 4.69) is 40.9 Å². The molecule has 0 radical (unpaired) electrons. The van der Waals surface area contributed by atoms with E-state index in [0.717, 1.165) is 25.4 Å². The van der Waals surface area contributed by atoms with Crippen LogP contribution in [0.1, 0.15) is 13.3 Å². The molecule has 0 fully saturated rings. The standard InChI is InChI=1S/C11H16INO/c1-2-6-13-7-8-14-11-5-3-4-10(12)9-11/h3-5,9,13H,2,6-8H2,1H3. The van der Waals surface area contributed by atoms with Crippen LogP contribution >= 0.6 is 22.6 Å². The number of rotatable bonds is 6. The molecular weight excluding hydrogens is 289 g/mol. The molecule has 1 aromatic rings. The molecule has 1 aromatic carbocycles. The third-order valence-electron chi connectivity index (χ3n) is 1.77. The summed E-state index contributed by atoms with van der Waals surface area (Å²) in [7, 11) is 0. The molecule has 0 saturated carbocycles. The van der Waals surface area contributed by atoms with Crippen LogP contribution in [0.3, 0.4) is 0 Å². The summed E-state index contributed by atoms with van der Waals surface area (Å²) in [6.45, 7) is 4.88. The molecule has 78 valence electrons. The molecule has 0 saturated heterocycles. The summed E-state index contributed by atoms with van der Waals surface area (Å²) in [5.41, 5.74) is 0. The lowest BCUT2D eigenvalue weighted by molar-refractivity contribution is 0.314. The molecular formula is C11H16INO. The van der Waals surface area contributed by atoms with Crippen molar-refractivity contribution in [2.45, 2.75) is 13.3 Å². The van der Waals surface area contributed by atoms with Gasteiger partial charge in [-0.3, -0.25) is 0 Å². The lowest BCUT2D eigenvalue weighted by Crippen LogP contribution is -2.21. The van der Waals surface area contributed by atoms with Crippen LogP contribution in [0.5, 0.6) is 5.75 Å². The molecule has 0 spiro atoms. The van der Waals surface area contributed by atoms with Gasteiger partial charge in [-0.1, -0.05) is 13.0 Å². The molecule has 1 N–H and O–H groups in total. The van der Waals surface area contributed by atoms with Crippen molar-refractivity contribution in [3.63, 3.8) is 0 Å². The van der Waals surface area contributed by atoms with Crippen LogP contribution in [0.2, 0.25) is 0 Å². The average Bonchev–Trinajstić information content (AvgIpc) is 2.18. The summed E-state index contributed by atoms with van der Waals surface area (Å²) in [5.74, 6) is 0.954. The van der Waals surface area contributed by atoms with Crippen molar-refractivity contribution in [2.24, 2.45) is 0 Å². The van der Waals surface area contributed by atoms with Gasteiger partial charge in [0.2, 0.25) is 0 Å². The van der Waals surface area contributed by atoms with Crippen molar-refractivity contribution in [1.29, 1.82) is 0 Å². The van der Waals surface area contributed by atoms with Gasteiger partial charge in [-0.2, -0.15) is 0 Å². The largest absolute Gasteiger partial charge is 0.492 e. The first-order chi connectivity index (χ1) is 6.83. The molecule has 1 rings (SSSR count). The van der Waals surface area contributed by atoms with Gasteiger partial charge in [0.1, 0.15) is 12.4 Å². The quantitative estimate of drug-likeness (QED) is 0.644. The molecule has 0 aliphatic rings. The van der Waals surface area contributed by atoms with Crippen LogP contribution in [0, 0.1) is 3.57 Å². The van der Waals surface area contributed by atoms with E-state index in [-0.39, 0.29) is 0 Å². The maximum atomic E-state index is 5.57. The highest BCUT2D eigenvalue weighted by molar-refractivity contribution is 14.1. The highest BCUT2D eigenvalue weighted by Crippen LogP contribution is 2.14. The van der Waals surface area contributed by atoms with Gasteiger partial charge in [-0.15, -0.1) is 0 Å². The smallest absolute Gasteiger partial charge is 0.120 e. The van der Waals surface area contributed by atoms with Crippen molar-refractivity contribution in [1.82, 2.24) is 5.32 Å². The minimum absolute atomic E-state index is 0.736. The van der Waals surface area contributed by atoms with Crippen LogP contribution in [-0.4, -0.2) is 19.7 Å². The van der Waals surface area contributed by atoms with Gasteiger partial charge in [0.05, 0.1) is 0 Å². The van der Waals surface area contributed by atoms with Crippen molar-refractivity contribution >= 4 is 22.6 Å². The lowest BCUT2D eigenvalue weighted by atomic mass is 10.3. The average molecular weight is 305 g/mol. The van der Waals surface area contributed by atoms with Crippen molar-refractivity contribution in [3.05, 3.63) is 27.8 Å². The first kappa shape index (κ1) is 11.8. The summed E-state index contributed by atoms with van der Waals surface area (Å²) >= 11 is 2.28. The predicted octanol–water partition coefficient (Wildman–Crippen LogP) is 2.67. The third kappa shape index (κ3) is 4.81. The maximum absolute atomic E-state index is 5.57. The fraction of sp³-hybridized carbons (Fsp3) is 0.455. The van der Waals surface area contributed by atoms with Crippen molar-refractivity contribution in [2.75, 3.05) is 19.7 Å². The Labute approximate surface area is 99.2 Å². The zero-order valence-corrected chi connectivity index (χ0v) is 10.6. The van der Waals surface area contributed by atoms with E-state index >= 15 is 0 Å². The molecule has 0 aromatic heterocycles. The minimum Gasteiger partial charge on any atom is -0.492 e. The van der Waals surface area contributed by atoms with E-state index in [0.29, 0.717) is 0 Å². The fourth-order valence-electron chi connectivity index (χ4n) is 1.10. The zero-order valence-electron chi connectivity index (χ0n) is 8.42. The van der Waals surface area contributed by atoms with Crippen LogP contribution in [0.15, 0.2) is 24.3 Å². The molecule has 0 atom stereocenters. The molecule has 2 nitrogen and oxygen atoms in total. The molecule has 3 heteroatoms. The Hall–Kier alpha value is -0.290. The number of hydrogen-bond acceptors (Lipinski definition) is 2. The Morgan fingerprint density at radius 1 is 1.36 bits per heavy atom. The van der Waals surface area contributed by atoms with E-state index < -0.39 is 0 Å². The Balaban J connectivity index is 2.18. The summed E-state index contributed by atoms with van der Waals surface area (Å²) < 4.78 is 6.78. The summed E-state index contributed by atoms with van der Waals surface area (Å²) in [6.07, 6.45) is 1.17. The molecule has 14 heavy (non-hydrogen) atoms. The third-order valence-corrected chi connectivity index (χ3v) is 2.44. The molecule has 0 aliphatic carbocycles. The maximum Gasteiger partial charge on any atom is 0.120 e. The number of halogens is 1. The molecule has 0 aliphatic heterocycles. The van der Waals surface area contributed by atoms with E-state index in [1.165, 1.54) is 9.99 Å². The van der Waals surface area contributed by atoms with Crippen molar-refractivity contribution < 1.29 is 4.74 Å². The fourth-order valence-corrected chi connectivity index (χ4v) is 1.61. The number of nitrogens with one attached hydrogen (secondary N) is 1. The van der Waals surface area contributed by atoms with Crippen molar-refractivity contribution in [3.8, 4) is 5.75 Å². The topological polar surface area (TPSA) is 21.3 Å². The Morgan fingerprint density at radius 3 is 2.93 bits per heavy atom. The van der Waals surface area contributed by atoms with Gasteiger partial charge in [0.15, 0.2) is 0 Å². The summed E-state index contributed by atoms with van der Waals surface area (Å²) in [4.78, 5) is 0.